The van der Waals surface area contributed by atoms with Crippen molar-refractivity contribution in [2.24, 2.45) is 0 Å². The van der Waals surface area contributed by atoms with Crippen LogP contribution in [0.15, 0.2) is 18.2 Å². The number of nitrogens with zero attached hydrogens (tertiary/aromatic N) is 1. The van der Waals surface area contributed by atoms with E-state index in [1.54, 1.807) is 0 Å². The van der Waals surface area contributed by atoms with Crippen LogP contribution in [-0.2, 0) is 0 Å². The van der Waals surface area contributed by atoms with E-state index in [1.165, 1.54) is 25.3 Å². The Morgan fingerprint density at radius 3 is 2.85 bits per heavy atom. The molecule has 0 aliphatic heterocycles. The third-order valence-corrected chi connectivity index (χ3v) is 3.01. The van der Waals surface area contributed by atoms with Gasteiger partial charge in [-0.25, -0.2) is 0 Å². The average Bonchev–Trinajstić information content (AvgIpc) is 3.26. The van der Waals surface area contributed by atoms with Gasteiger partial charge in [0.1, 0.15) is 12.7 Å². The van der Waals surface area contributed by atoms with Crippen LogP contribution in [0.5, 0.6) is 11.5 Å². The Morgan fingerprint density at radius 1 is 1.50 bits per heavy atom. The summed E-state index contributed by atoms with van der Waals surface area (Å²) in [5.74, 6) is 0.658. The van der Waals surface area contributed by atoms with Gasteiger partial charge in [-0.2, -0.15) is 0 Å². The van der Waals surface area contributed by atoms with Gasteiger partial charge >= 0.3 is 0 Å². The van der Waals surface area contributed by atoms with Crippen molar-refractivity contribution in [3.05, 3.63) is 28.3 Å². The van der Waals surface area contributed by atoms with Crippen LogP contribution < -0.4 is 14.8 Å². The molecule has 1 fully saturated rings. The number of non-ortho nitro benzene ring substituents is 1. The zero-order chi connectivity index (χ0) is 14.5. The summed E-state index contributed by atoms with van der Waals surface area (Å²) in [5.41, 5.74) is -0.0647. The van der Waals surface area contributed by atoms with Crippen molar-refractivity contribution >= 4 is 5.69 Å². The summed E-state index contributed by atoms with van der Waals surface area (Å²) >= 11 is 0. The molecule has 1 aliphatic carbocycles. The maximum atomic E-state index is 10.7. The standard InChI is InChI=1S/C13H18N2O5/c1-19-13-6-10(15(17)18)4-5-12(13)20-8-11(16)7-14-9-2-3-9/h4-6,9,11,14,16H,2-3,7-8H2,1H3. The molecule has 7 heteroatoms. The van der Waals surface area contributed by atoms with Crippen molar-refractivity contribution in [3.63, 3.8) is 0 Å². The highest BCUT2D eigenvalue weighted by Gasteiger charge is 2.21. The summed E-state index contributed by atoms with van der Waals surface area (Å²) < 4.78 is 10.5. The highest BCUT2D eigenvalue weighted by atomic mass is 16.6. The molecule has 0 bridgehead atoms. The molecule has 1 aromatic carbocycles. The summed E-state index contributed by atoms with van der Waals surface area (Å²) in [6, 6.07) is 4.63. The molecule has 110 valence electrons. The molecule has 0 amide bonds. The first kappa shape index (κ1) is 14.5. The second-order valence-electron chi connectivity index (χ2n) is 4.74. The van der Waals surface area contributed by atoms with Crippen molar-refractivity contribution in [2.45, 2.75) is 25.0 Å². The van der Waals surface area contributed by atoms with Crippen LogP contribution in [0.4, 0.5) is 5.69 Å². The molecule has 0 saturated heterocycles. The van der Waals surface area contributed by atoms with Gasteiger partial charge < -0.3 is 19.9 Å². The SMILES string of the molecule is COc1cc([N+](=O)[O-])ccc1OCC(O)CNC1CC1. The number of nitro groups is 1. The quantitative estimate of drug-likeness (QED) is 0.547. The molecule has 1 atom stereocenters. The zero-order valence-electron chi connectivity index (χ0n) is 11.2. The van der Waals surface area contributed by atoms with Crippen LogP contribution in [0.2, 0.25) is 0 Å². The molecule has 0 aromatic heterocycles. The fourth-order valence-corrected chi connectivity index (χ4v) is 1.72. The molecule has 20 heavy (non-hydrogen) atoms. The van der Waals surface area contributed by atoms with Gasteiger partial charge in [0.05, 0.1) is 18.1 Å². The van der Waals surface area contributed by atoms with Crippen molar-refractivity contribution < 1.29 is 19.5 Å². The fourth-order valence-electron chi connectivity index (χ4n) is 1.72. The number of rotatable bonds is 8. The second kappa shape index (κ2) is 6.53. The highest BCUT2D eigenvalue weighted by Crippen LogP contribution is 2.31. The minimum absolute atomic E-state index is 0.0647. The Hall–Kier alpha value is -1.86. The number of ether oxygens (including phenoxy) is 2. The van der Waals surface area contributed by atoms with Gasteiger partial charge in [0, 0.05) is 18.7 Å². The normalized spacial score (nSPS) is 15.7. The molecule has 2 rings (SSSR count). The van der Waals surface area contributed by atoms with Crippen LogP contribution >= 0.6 is 0 Å². The van der Waals surface area contributed by atoms with Gasteiger partial charge in [-0.15, -0.1) is 0 Å². The number of hydrogen-bond acceptors (Lipinski definition) is 6. The third-order valence-electron chi connectivity index (χ3n) is 3.01. The lowest BCUT2D eigenvalue weighted by molar-refractivity contribution is -0.384. The number of hydrogen-bond donors (Lipinski definition) is 2. The van der Waals surface area contributed by atoms with E-state index in [1.807, 2.05) is 0 Å². The van der Waals surface area contributed by atoms with Crippen molar-refractivity contribution in [2.75, 3.05) is 20.3 Å². The Labute approximate surface area is 116 Å². The first-order chi connectivity index (χ1) is 9.60. The number of methoxy groups -OCH3 is 1. The van der Waals surface area contributed by atoms with Crippen LogP contribution in [0, 0.1) is 10.1 Å². The number of aliphatic hydroxyl groups is 1. The second-order valence-corrected chi connectivity index (χ2v) is 4.74. The van der Waals surface area contributed by atoms with Gasteiger partial charge in [0.15, 0.2) is 11.5 Å². The average molecular weight is 282 g/mol. The lowest BCUT2D eigenvalue weighted by atomic mass is 10.3. The van der Waals surface area contributed by atoms with Crippen LogP contribution in [0.25, 0.3) is 0 Å². The molecule has 7 nitrogen and oxygen atoms in total. The highest BCUT2D eigenvalue weighted by molar-refractivity contribution is 5.48. The Balaban J connectivity index is 1.88. The van der Waals surface area contributed by atoms with E-state index in [0.717, 1.165) is 12.8 Å². The van der Waals surface area contributed by atoms with Gasteiger partial charge in [-0.3, -0.25) is 10.1 Å². The number of nitro benzene ring substituents is 1. The molecule has 1 aliphatic rings. The van der Waals surface area contributed by atoms with E-state index in [2.05, 4.69) is 5.32 Å². The maximum Gasteiger partial charge on any atom is 0.273 e. The fraction of sp³-hybridized carbons (Fsp3) is 0.538. The number of benzene rings is 1. The number of nitrogens with one attached hydrogen (secondary N) is 1. The molecule has 2 N–H and O–H groups in total. The number of aliphatic hydroxyl groups excluding tert-OH is 1. The van der Waals surface area contributed by atoms with E-state index in [9.17, 15) is 15.2 Å². The molecule has 0 spiro atoms. The molecule has 0 radical (unpaired) electrons. The molecular formula is C13H18N2O5. The Kier molecular flexibility index (Phi) is 4.75. The predicted molar refractivity (Wildman–Crippen MR) is 72.2 cm³/mol. The smallest absolute Gasteiger partial charge is 0.273 e. The lowest BCUT2D eigenvalue weighted by Gasteiger charge is -2.14. The van der Waals surface area contributed by atoms with Gasteiger partial charge in [-0.05, 0) is 18.9 Å². The van der Waals surface area contributed by atoms with E-state index in [4.69, 9.17) is 9.47 Å². The van der Waals surface area contributed by atoms with Crippen molar-refractivity contribution in [1.82, 2.24) is 5.32 Å². The predicted octanol–water partition coefficient (Wildman–Crippen LogP) is 1.10. The van der Waals surface area contributed by atoms with Gasteiger partial charge in [-0.1, -0.05) is 0 Å². The largest absolute Gasteiger partial charge is 0.493 e. The summed E-state index contributed by atoms with van der Waals surface area (Å²) in [4.78, 5) is 10.2. The van der Waals surface area contributed by atoms with Crippen molar-refractivity contribution in [3.8, 4) is 11.5 Å². The Morgan fingerprint density at radius 2 is 2.25 bits per heavy atom. The minimum atomic E-state index is -0.629. The van der Waals surface area contributed by atoms with E-state index in [-0.39, 0.29) is 18.0 Å². The first-order valence-corrected chi connectivity index (χ1v) is 6.47. The molecule has 1 saturated carbocycles. The lowest BCUT2D eigenvalue weighted by Crippen LogP contribution is -2.32. The van der Waals surface area contributed by atoms with E-state index in [0.29, 0.717) is 18.3 Å². The van der Waals surface area contributed by atoms with Crippen LogP contribution in [-0.4, -0.2) is 42.4 Å². The zero-order valence-corrected chi connectivity index (χ0v) is 11.2. The minimum Gasteiger partial charge on any atom is -0.493 e. The topological polar surface area (TPSA) is 93.9 Å². The van der Waals surface area contributed by atoms with Gasteiger partial charge in [0.25, 0.3) is 5.69 Å². The van der Waals surface area contributed by atoms with Gasteiger partial charge in [0.2, 0.25) is 0 Å². The summed E-state index contributed by atoms with van der Waals surface area (Å²) in [5, 5.41) is 23.6. The molecular weight excluding hydrogens is 264 g/mol. The summed E-state index contributed by atoms with van der Waals surface area (Å²) in [6.45, 7) is 0.577. The van der Waals surface area contributed by atoms with Crippen LogP contribution in [0.3, 0.4) is 0 Å². The summed E-state index contributed by atoms with van der Waals surface area (Å²) in [7, 11) is 1.41. The maximum absolute atomic E-state index is 10.7. The monoisotopic (exact) mass is 282 g/mol. The molecule has 0 heterocycles. The Bertz CT molecular complexity index is 476. The van der Waals surface area contributed by atoms with E-state index < -0.39 is 11.0 Å². The van der Waals surface area contributed by atoms with Crippen LogP contribution in [0.1, 0.15) is 12.8 Å². The molecule has 1 unspecified atom stereocenters. The first-order valence-electron chi connectivity index (χ1n) is 6.47. The molecule has 1 aromatic rings. The van der Waals surface area contributed by atoms with Crippen molar-refractivity contribution in [1.29, 1.82) is 0 Å². The third kappa shape index (κ3) is 4.07. The van der Waals surface area contributed by atoms with E-state index >= 15 is 0 Å². The summed E-state index contributed by atoms with van der Waals surface area (Å²) in [6.07, 6.45) is 1.68.